The van der Waals surface area contributed by atoms with Crippen LogP contribution in [0.25, 0.3) is 11.3 Å². The van der Waals surface area contributed by atoms with Gasteiger partial charge in [0.25, 0.3) is 0 Å². The number of nitrogens with two attached hydrogens (primary N) is 1. The average Bonchev–Trinajstić information content (AvgIpc) is 2.91. The van der Waals surface area contributed by atoms with Gasteiger partial charge in [-0.15, -0.1) is 0 Å². The van der Waals surface area contributed by atoms with Crippen molar-refractivity contribution in [2.75, 3.05) is 37.2 Å². The van der Waals surface area contributed by atoms with Gasteiger partial charge in [0.1, 0.15) is 5.82 Å². The molecule has 3 rings (SSSR count). The van der Waals surface area contributed by atoms with Gasteiger partial charge in [-0.1, -0.05) is 17.2 Å². The summed E-state index contributed by atoms with van der Waals surface area (Å²) in [6, 6.07) is 8.14. The van der Waals surface area contributed by atoms with Crippen molar-refractivity contribution in [3.05, 3.63) is 35.4 Å². The van der Waals surface area contributed by atoms with Gasteiger partial charge in [0.05, 0.1) is 5.69 Å². The number of carbonyl (C=O) groups excluding carboxylic acids is 1. The van der Waals surface area contributed by atoms with Crippen LogP contribution in [-0.4, -0.2) is 47.1 Å². The smallest absolute Gasteiger partial charge is 0.317 e. The summed E-state index contributed by atoms with van der Waals surface area (Å²) < 4.78 is 0. The first-order valence-electron chi connectivity index (χ1n) is 8.01. The molecule has 0 spiro atoms. The number of carbonyl (C=O) groups is 1. The lowest BCUT2D eigenvalue weighted by Gasteiger charge is -2.15. The molecular weight excluding hydrogens is 304 g/mol. The molecule has 1 aromatic heterocycles. The molecule has 126 valence electrons. The lowest BCUT2D eigenvalue weighted by atomic mass is 10.0. The zero-order valence-electron chi connectivity index (χ0n) is 14.0. The molecule has 4 N–H and O–H groups in total. The summed E-state index contributed by atoms with van der Waals surface area (Å²) in [4.78, 5) is 21.8. The van der Waals surface area contributed by atoms with Crippen LogP contribution in [0.2, 0.25) is 0 Å². The Balaban J connectivity index is 1.72. The summed E-state index contributed by atoms with van der Waals surface area (Å²) in [5.74, 6) is 0.893. The standard InChI is InChI=1S/C17H22N6O/c1-11-7-12(2)9-13(8-11)14-10-15(22-16(18)21-14)19-3-5-23-6-4-20-17(23)24/h7-10H,3-6H2,1-2H3,(H,20,24)(H3,18,19,21,22). The molecule has 2 amide bonds. The fourth-order valence-corrected chi connectivity index (χ4v) is 2.87. The highest BCUT2D eigenvalue weighted by molar-refractivity contribution is 5.76. The van der Waals surface area contributed by atoms with Crippen LogP contribution in [-0.2, 0) is 0 Å². The van der Waals surface area contributed by atoms with Crippen LogP contribution < -0.4 is 16.4 Å². The van der Waals surface area contributed by atoms with Crippen LogP contribution in [0.5, 0.6) is 0 Å². The second-order valence-electron chi connectivity index (χ2n) is 6.02. The predicted octanol–water partition coefficient (Wildman–Crippen LogP) is 1.78. The molecule has 0 saturated carbocycles. The molecule has 2 heterocycles. The van der Waals surface area contributed by atoms with Crippen molar-refractivity contribution in [3.8, 4) is 11.3 Å². The second kappa shape index (κ2) is 6.74. The van der Waals surface area contributed by atoms with Crippen LogP contribution in [0.1, 0.15) is 11.1 Å². The van der Waals surface area contributed by atoms with E-state index in [2.05, 4.69) is 52.6 Å². The Morgan fingerprint density at radius 2 is 1.96 bits per heavy atom. The van der Waals surface area contributed by atoms with Crippen LogP contribution in [0, 0.1) is 13.8 Å². The molecule has 0 bridgehead atoms. The monoisotopic (exact) mass is 326 g/mol. The summed E-state index contributed by atoms with van der Waals surface area (Å²) in [6.45, 7) is 6.78. The number of hydrogen-bond acceptors (Lipinski definition) is 5. The van der Waals surface area contributed by atoms with Crippen molar-refractivity contribution in [1.82, 2.24) is 20.2 Å². The van der Waals surface area contributed by atoms with E-state index < -0.39 is 0 Å². The largest absolute Gasteiger partial charge is 0.368 e. The molecule has 7 heteroatoms. The number of aryl methyl sites for hydroxylation is 2. The maximum Gasteiger partial charge on any atom is 0.317 e. The third kappa shape index (κ3) is 3.73. The lowest BCUT2D eigenvalue weighted by Crippen LogP contribution is -2.32. The van der Waals surface area contributed by atoms with Crippen molar-refractivity contribution in [3.63, 3.8) is 0 Å². The van der Waals surface area contributed by atoms with E-state index in [0.717, 1.165) is 17.8 Å². The number of rotatable bonds is 5. The molecule has 0 aliphatic carbocycles. The Labute approximate surface area is 141 Å². The molecule has 1 saturated heterocycles. The highest BCUT2D eigenvalue weighted by Crippen LogP contribution is 2.23. The number of benzene rings is 1. The summed E-state index contributed by atoms with van der Waals surface area (Å²) in [7, 11) is 0. The Hall–Kier alpha value is -2.83. The van der Waals surface area contributed by atoms with Gasteiger partial charge in [0, 0.05) is 37.8 Å². The number of hydrogen-bond donors (Lipinski definition) is 3. The maximum absolute atomic E-state index is 11.5. The molecule has 1 aromatic carbocycles. The number of nitrogen functional groups attached to an aromatic ring is 1. The molecule has 0 unspecified atom stereocenters. The van der Waals surface area contributed by atoms with Crippen LogP contribution in [0.4, 0.5) is 16.6 Å². The third-order valence-electron chi connectivity index (χ3n) is 3.89. The highest BCUT2D eigenvalue weighted by atomic mass is 16.2. The number of aromatic nitrogens is 2. The summed E-state index contributed by atoms with van der Waals surface area (Å²) in [6.07, 6.45) is 0. The van der Waals surface area contributed by atoms with Crippen molar-refractivity contribution in [2.45, 2.75) is 13.8 Å². The number of nitrogens with one attached hydrogen (secondary N) is 2. The van der Waals surface area contributed by atoms with Gasteiger partial charge in [-0.25, -0.2) is 9.78 Å². The zero-order chi connectivity index (χ0) is 17.1. The molecular formula is C17H22N6O. The zero-order valence-corrected chi connectivity index (χ0v) is 14.0. The van der Waals surface area contributed by atoms with E-state index in [4.69, 9.17) is 5.73 Å². The number of urea groups is 1. The lowest BCUT2D eigenvalue weighted by molar-refractivity contribution is 0.219. The van der Waals surface area contributed by atoms with E-state index >= 15 is 0 Å². The molecule has 1 aliphatic heterocycles. The van der Waals surface area contributed by atoms with Gasteiger partial charge in [-0.2, -0.15) is 4.98 Å². The van der Waals surface area contributed by atoms with Crippen molar-refractivity contribution >= 4 is 17.8 Å². The van der Waals surface area contributed by atoms with Gasteiger partial charge in [0.2, 0.25) is 5.95 Å². The molecule has 1 aliphatic rings. The minimum Gasteiger partial charge on any atom is -0.368 e. The molecule has 0 atom stereocenters. The summed E-state index contributed by atoms with van der Waals surface area (Å²) >= 11 is 0. The number of amides is 2. The Bertz CT molecular complexity index is 740. The first kappa shape index (κ1) is 16.0. The third-order valence-corrected chi connectivity index (χ3v) is 3.89. The molecule has 0 radical (unpaired) electrons. The van der Waals surface area contributed by atoms with Gasteiger partial charge in [-0.3, -0.25) is 0 Å². The Kier molecular flexibility index (Phi) is 4.50. The van der Waals surface area contributed by atoms with Gasteiger partial charge >= 0.3 is 6.03 Å². The van der Waals surface area contributed by atoms with E-state index in [0.29, 0.717) is 25.5 Å². The van der Waals surface area contributed by atoms with E-state index in [9.17, 15) is 4.79 Å². The van der Waals surface area contributed by atoms with E-state index in [1.807, 2.05) is 6.07 Å². The van der Waals surface area contributed by atoms with Crippen LogP contribution in [0.3, 0.4) is 0 Å². The maximum atomic E-state index is 11.5. The van der Waals surface area contributed by atoms with Gasteiger partial charge < -0.3 is 21.3 Å². The normalized spacial score (nSPS) is 13.9. The molecule has 1 fully saturated rings. The molecule has 2 aromatic rings. The SMILES string of the molecule is Cc1cc(C)cc(-c2cc(NCCN3CCNC3=O)nc(N)n2)c1. The number of nitrogens with zero attached hydrogens (tertiary/aromatic N) is 3. The second-order valence-corrected chi connectivity index (χ2v) is 6.02. The molecule has 7 nitrogen and oxygen atoms in total. The van der Waals surface area contributed by atoms with E-state index in [-0.39, 0.29) is 12.0 Å². The predicted molar refractivity (Wildman–Crippen MR) is 94.8 cm³/mol. The first-order valence-corrected chi connectivity index (χ1v) is 8.01. The van der Waals surface area contributed by atoms with Crippen molar-refractivity contribution in [2.24, 2.45) is 0 Å². The average molecular weight is 326 g/mol. The fourth-order valence-electron chi connectivity index (χ4n) is 2.87. The first-order chi connectivity index (χ1) is 11.5. The Morgan fingerprint density at radius 3 is 2.62 bits per heavy atom. The molecule has 24 heavy (non-hydrogen) atoms. The highest BCUT2D eigenvalue weighted by Gasteiger charge is 2.18. The number of anilines is 2. The van der Waals surface area contributed by atoms with Gasteiger partial charge in [0.15, 0.2) is 0 Å². The fraction of sp³-hybridized carbons (Fsp3) is 0.353. The minimum absolute atomic E-state index is 0.0186. The van der Waals surface area contributed by atoms with E-state index in [1.54, 1.807) is 4.90 Å². The van der Waals surface area contributed by atoms with Crippen molar-refractivity contribution in [1.29, 1.82) is 0 Å². The summed E-state index contributed by atoms with van der Waals surface area (Å²) in [5, 5.41) is 6.00. The minimum atomic E-state index is -0.0186. The summed E-state index contributed by atoms with van der Waals surface area (Å²) in [5.41, 5.74) is 10.0. The van der Waals surface area contributed by atoms with E-state index in [1.165, 1.54) is 11.1 Å². The van der Waals surface area contributed by atoms with Gasteiger partial charge in [-0.05, 0) is 26.0 Å². The Morgan fingerprint density at radius 1 is 1.21 bits per heavy atom. The van der Waals surface area contributed by atoms with Crippen LogP contribution in [0.15, 0.2) is 24.3 Å². The van der Waals surface area contributed by atoms with Crippen molar-refractivity contribution < 1.29 is 4.79 Å². The topological polar surface area (TPSA) is 96.2 Å². The van der Waals surface area contributed by atoms with Crippen LogP contribution >= 0.6 is 0 Å². The quantitative estimate of drug-likeness (QED) is 0.778.